The lowest BCUT2D eigenvalue weighted by atomic mass is 10.0. The molecule has 6 nitrogen and oxygen atoms in total. The second kappa shape index (κ2) is 9.47. The second-order valence-corrected chi connectivity index (χ2v) is 10.1. The summed E-state index contributed by atoms with van der Waals surface area (Å²) < 4.78 is 29.0. The Morgan fingerprint density at radius 3 is 2.23 bits per heavy atom. The van der Waals surface area contributed by atoms with Crippen LogP contribution < -0.4 is 9.62 Å². The maximum absolute atomic E-state index is 13.1. The zero-order valence-electron chi connectivity index (χ0n) is 18.7. The molecule has 0 aliphatic carbocycles. The lowest BCUT2D eigenvalue weighted by Gasteiger charge is -2.38. The second-order valence-electron chi connectivity index (χ2n) is 8.39. The molecule has 2 aromatic carbocycles. The fourth-order valence-corrected chi connectivity index (χ4v) is 5.22. The van der Waals surface area contributed by atoms with Crippen molar-refractivity contribution >= 4 is 15.7 Å². The molecule has 1 atom stereocenters. The Bertz CT molecular complexity index is 950. The van der Waals surface area contributed by atoms with E-state index >= 15 is 0 Å². The Balaban J connectivity index is 1.84. The number of piperazine rings is 1. The van der Waals surface area contributed by atoms with Gasteiger partial charge in [-0.15, -0.1) is 0 Å². The summed E-state index contributed by atoms with van der Waals surface area (Å²) in [6.07, 6.45) is 0. The van der Waals surface area contributed by atoms with E-state index in [1.54, 1.807) is 12.1 Å². The number of aryl methyl sites for hydroxylation is 1. The molecule has 1 aliphatic heterocycles. The molecule has 3 rings (SSSR count). The third kappa shape index (κ3) is 5.21. The third-order valence-electron chi connectivity index (χ3n) is 6.08. The first-order valence-corrected chi connectivity index (χ1v) is 11.9. The van der Waals surface area contributed by atoms with E-state index < -0.39 is 10.0 Å². The summed E-state index contributed by atoms with van der Waals surface area (Å²) in [6, 6.07) is 13.8. The summed E-state index contributed by atoms with van der Waals surface area (Å²) in [6.45, 7) is 7.95. The van der Waals surface area contributed by atoms with Crippen LogP contribution in [0.25, 0.3) is 0 Å². The summed E-state index contributed by atoms with van der Waals surface area (Å²) in [5.41, 5.74) is 4.05. The highest BCUT2D eigenvalue weighted by Crippen LogP contribution is 2.25. The first kappa shape index (κ1) is 22.7. The largest absolute Gasteiger partial charge is 0.378 e. The van der Waals surface area contributed by atoms with E-state index in [0.717, 1.165) is 48.6 Å². The summed E-state index contributed by atoms with van der Waals surface area (Å²) >= 11 is 0. The molecular formula is C23H34N4O2S. The van der Waals surface area contributed by atoms with Crippen LogP contribution in [0.1, 0.15) is 22.7 Å². The van der Waals surface area contributed by atoms with Gasteiger partial charge in [-0.05, 0) is 55.8 Å². The standard InChI is InChI=1S/C23H34N4O2S/c1-18-7-6-8-23(19(18)2)30(28,29)24-17-22(27-15-13-26(5)14-16-27)20-9-11-21(12-10-20)25(3)4/h6-12,22,24H,13-17H2,1-5H3/t22-/m0/s1. The van der Waals surface area contributed by atoms with Crippen molar-refractivity contribution in [3.05, 3.63) is 59.2 Å². The maximum Gasteiger partial charge on any atom is 0.240 e. The minimum absolute atomic E-state index is 0.00481. The lowest BCUT2D eigenvalue weighted by molar-refractivity contribution is 0.113. The molecule has 0 unspecified atom stereocenters. The topological polar surface area (TPSA) is 55.9 Å². The number of nitrogens with one attached hydrogen (secondary N) is 1. The Kier molecular flexibility index (Phi) is 7.18. The van der Waals surface area contributed by atoms with Crippen molar-refractivity contribution in [1.29, 1.82) is 0 Å². The maximum atomic E-state index is 13.1. The van der Waals surface area contributed by atoms with E-state index in [0.29, 0.717) is 11.4 Å². The van der Waals surface area contributed by atoms with Crippen LogP contribution in [0.3, 0.4) is 0 Å². The molecule has 0 bridgehead atoms. The Hall–Kier alpha value is -1.93. The molecule has 0 radical (unpaired) electrons. The van der Waals surface area contributed by atoms with E-state index in [4.69, 9.17) is 0 Å². The van der Waals surface area contributed by atoms with E-state index in [1.165, 1.54) is 0 Å². The molecule has 0 amide bonds. The van der Waals surface area contributed by atoms with Gasteiger partial charge in [-0.1, -0.05) is 24.3 Å². The third-order valence-corrected chi connectivity index (χ3v) is 7.65. The molecule has 1 fully saturated rings. The van der Waals surface area contributed by atoms with Crippen LogP contribution in [-0.2, 0) is 10.0 Å². The lowest BCUT2D eigenvalue weighted by Crippen LogP contribution is -2.48. The summed E-state index contributed by atoms with van der Waals surface area (Å²) in [5, 5.41) is 0. The molecule has 1 heterocycles. The van der Waals surface area contributed by atoms with Crippen LogP contribution in [0.4, 0.5) is 5.69 Å². The quantitative estimate of drug-likeness (QED) is 0.732. The zero-order chi connectivity index (χ0) is 21.9. The van der Waals surface area contributed by atoms with Crippen molar-refractivity contribution in [1.82, 2.24) is 14.5 Å². The Labute approximate surface area is 181 Å². The fraction of sp³-hybridized carbons (Fsp3) is 0.478. The zero-order valence-corrected chi connectivity index (χ0v) is 19.5. The molecule has 1 N–H and O–H groups in total. The van der Waals surface area contributed by atoms with Gasteiger partial charge in [0.05, 0.1) is 4.90 Å². The SMILES string of the molecule is Cc1cccc(S(=O)(=O)NC[C@@H](c2ccc(N(C)C)cc2)N2CCN(C)CC2)c1C. The average molecular weight is 431 g/mol. The monoisotopic (exact) mass is 430 g/mol. The molecule has 0 aromatic heterocycles. The molecule has 164 valence electrons. The van der Waals surface area contributed by atoms with Crippen LogP contribution >= 0.6 is 0 Å². The summed E-state index contributed by atoms with van der Waals surface area (Å²) in [4.78, 5) is 7.12. The van der Waals surface area contributed by atoms with Gasteiger partial charge in [0.25, 0.3) is 0 Å². The summed E-state index contributed by atoms with van der Waals surface area (Å²) in [5.74, 6) is 0. The van der Waals surface area contributed by atoms with Crippen molar-refractivity contribution in [3.8, 4) is 0 Å². The molecule has 1 saturated heterocycles. The van der Waals surface area contributed by atoms with Gasteiger partial charge in [0.2, 0.25) is 10.0 Å². The van der Waals surface area contributed by atoms with Gasteiger partial charge >= 0.3 is 0 Å². The van der Waals surface area contributed by atoms with Gasteiger partial charge in [-0.2, -0.15) is 0 Å². The Morgan fingerprint density at radius 1 is 1.00 bits per heavy atom. The van der Waals surface area contributed by atoms with Crippen molar-refractivity contribution in [2.75, 3.05) is 58.8 Å². The van der Waals surface area contributed by atoms with Crippen LogP contribution in [-0.4, -0.2) is 72.1 Å². The molecule has 7 heteroatoms. The molecule has 0 spiro atoms. The minimum Gasteiger partial charge on any atom is -0.378 e. The number of rotatable bonds is 7. The highest BCUT2D eigenvalue weighted by Gasteiger charge is 2.26. The normalized spacial score (nSPS) is 17.1. The van der Waals surface area contributed by atoms with Gasteiger partial charge in [-0.25, -0.2) is 13.1 Å². The van der Waals surface area contributed by atoms with Crippen molar-refractivity contribution in [3.63, 3.8) is 0 Å². The van der Waals surface area contributed by atoms with Crippen molar-refractivity contribution in [2.45, 2.75) is 24.8 Å². The van der Waals surface area contributed by atoms with Gasteiger partial charge < -0.3 is 9.80 Å². The van der Waals surface area contributed by atoms with E-state index in [1.807, 2.05) is 34.0 Å². The van der Waals surface area contributed by atoms with Crippen LogP contribution in [0.5, 0.6) is 0 Å². The first-order valence-electron chi connectivity index (χ1n) is 10.4. The fourth-order valence-electron chi connectivity index (χ4n) is 3.87. The summed E-state index contributed by atoms with van der Waals surface area (Å²) in [7, 11) is 2.58. The van der Waals surface area contributed by atoms with E-state index in [-0.39, 0.29) is 6.04 Å². The predicted octanol–water partition coefficient (Wildman–Crippen LogP) is 2.64. The van der Waals surface area contributed by atoms with Crippen molar-refractivity contribution in [2.24, 2.45) is 0 Å². The highest BCUT2D eigenvalue weighted by atomic mass is 32.2. The number of hydrogen-bond acceptors (Lipinski definition) is 5. The predicted molar refractivity (Wildman–Crippen MR) is 124 cm³/mol. The van der Waals surface area contributed by atoms with E-state index in [9.17, 15) is 8.42 Å². The van der Waals surface area contributed by atoms with E-state index in [2.05, 4.69) is 50.7 Å². The minimum atomic E-state index is -3.58. The molecule has 0 saturated carbocycles. The van der Waals surface area contributed by atoms with Gasteiger partial charge in [0.15, 0.2) is 0 Å². The first-order chi connectivity index (χ1) is 14.2. The molecular weight excluding hydrogens is 396 g/mol. The number of anilines is 1. The number of sulfonamides is 1. The van der Waals surface area contributed by atoms with Gasteiger partial charge in [-0.3, -0.25) is 4.90 Å². The van der Waals surface area contributed by atoms with Crippen LogP contribution in [0, 0.1) is 13.8 Å². The Morgan fingerprint density at radius 2 is 1.63 bits per heavy atom. The van der Waals surface area contributed by atoms with Crippen LogP contribution in [0.15, 0.2) is 47.4 Å². The number of hydrogen-bond donors (Lipinski definition) is 1. The average Bonchev–Trinajstić information content (AvgIpc) is 2.71. The smallest absolute Gasteiger partial charge is 0.240 e. The van der Waals surface area contributed by atoms with Crippen LogP contribution in [0.2, 0.25) is 0 Å². The highest BCUT2D eigenvalue weighted by molar-refractivity contribution is 7.89. The number of likely N-dealkylation sites (N-methyl/N-ethyl adjacent to an activating group) is 1. The molecule has 2 aromatic rings. The molecule has 1 aliphatic rings. The number of benzene rings is 2. The number of nitrogens with zero attached hydrogens (tertiary/aromatic N) is 3. The van der Waals surface area contributed by atoms with Crippen molar-refractivity contribution < 1.29 is 8.42 Å². The van der Waals surface area contributed by atoms with Gasteiger partial charge in [0, 0.05) is 58.5 Å². The molecule has 30 heavy (non-hydrogen) atoms. The van der Waals surface area contributed by atoms with Gasteiger partial charge in [0.1, 0.15) is 0 Å².